The average molecular weight is 398 g/mol. The van der Waals surface area contributed by atoms with Crippen LogP contribution in [0.25, 0.3) is 11.0 Å². The molecule has 6 heteroatoms. The van der Waals surface area contributed by atoms with Gasteiger partial charge in [0, 0.05) is 18.0 Å². The maximum absolute atomic E-state index is 13.0. The zero-order valence-corrected chi connectivity index (χ0v) is 16.6. The Balaban J connectivity index is 1.28. The fourth-order valence-corrected chi connectivity index (χ4v) is 4.35. The number of hydrogen-bond donors (Lipinski definition) is 1. The molecule has 1 N–H and O–H groups in total. The van der Waals surface area contributed by atoms with Gasteiger partial charge in [-0.3, -0.25) is 4.79 Å². The monoisotopic (exact) mass is 397 g/mol. The second-order valence-electron chi connectivity index (χ2n) is 7.44. The molecule has 28 heavy (non-hydrogen) atoms. The van der Waals surface area contributed by atoms with E-state index in [9.17, 15) is 9.18 Å². The third-order valence-electron chi connectivity index (χ3n) is 5.62. The number of piperidine rings is 1. The summed E-state index contributed by atoms with van der Waals surface area (Å²) < 4.78 is 16.0. The largest absolute Gasteiger partial charge is 0.331 e. The van der Waals surface area contributed by atoms with Crippen LogP contribution in [-0.4, -0.2) is 39.9 Å². The van der Waals surface area contributed by atoms with Gasteiger partial charge in [-0.25, -0.2) is 4.39 Å². The summed E-state index contributed by atoms with van der Waals surface area (Å²) in [7, 11) is 0. The maximum atomic E-state index is 13.0. The molecule has 0 bridgehead atoms. The molecule has 1 aliphatic rings. The van der Waals surface area contributed by atoms with E-state index >= 15 is 0 Å². The molecule has 2 aromatic carbocycles. The predicted octanol–water partition coefficient (Wildman–Crippen LogP) is 4.82. The number of ketones is 1. The molecule has 0 unspecified atom stereocenters. The third-order valence-corrected chi connectivity index (χ3v) is 5.95. The highest BCUT2D eigenvalue weighted by molar-refractivity contribution is 7.71. The van der Waals surface area contributed by atoms with Gasteiger partial charge in [-0.1, -0.05) is 12.1 Å². The van der Waals surface area contributed by atoms with Crippen LogP contribution < -0.4 is 0 Å². The number of carbonyl (C=O) groups excluding carboxylic acids is 1. The van der Waals surface area contributed by atoms with Gasteiger partial charge in [-0.05, 0) is 87.5 Å². The van der Waals surface area contributed by atoms with Gasteiger partial charge in [0.25, 0.3) is 0 Å². The number of fused-ring (bicyclic) bond motifs is 1. The van der Waals surface area contributed by atoms with Crippen molar-refractivity contribution >= 4 is 29.0 Å². The number of rotatable bonds is 6. The van der Waals surface area contributed by atoms with E-state index in [2.05, 4.69) is 20.5 Å². The van der Waals surface area contributed by atoms with Crippen molar-refractivity contribution in [3.63, 3.8) is 0 Å². The van der Waals surface area contributed by atoms with E-state index in [0.717, 1.165) is 61.2 Å². The molecule has 3 aromatic rings. The number of halogens is 1. The number of nitrogens with zero attached hydrogens (tertiary/aromatic N) is 2. The van der Waals surface area contributed by atoms with Gasteiger partial charge >= 0.3 is 0 Å². The van der Waals surface area contributed by atoms with Gasteiger partial charge in [0.05, 0.1) is 11.0 Å². The Kier molecular flexibility index (Phi) is 5.69. The van der Waals surface area contributed by atoms with Crippen molar-refractivity contribution in [1.82, 2.24) is 14.5 Å². The van der Waals surface area contributed by atoms with Crippen LogP contribution >= 0.6 is 12.2 Å². The summed E-state index contributed by atoms with van der Waals surface area (Å²) in [4.78, 5) is 18.3. The van der Waals surface area contributed by atoms with Crippen molar-refractivity contribution in [2.24, 2.45) is 5.92 Å². The van der Waals surface area contributed by atoms with E-state index in [-0.39, 0.29) is 17.5 Å². The Labute approximate surface area is 169 Å². The zero-order chi connectivity index (χ0) is 19.5. The summed E-state index contributed by atoms with van der Waals surface area (Å²) in [6.45, 7) is 3.74. The van der Waals surface area contributed by atoms with Crippen LogP contribution in [0.4, 0.5) is 4.39 Å². The number of aryl methyl sites for hydroxylation is 1. The molecule has 0 atom stereocenters. The number of nitrogens with one attached hydrogen (secondary N) is 1. The molecular formula is C22H24FN3OS. The molecule has 1 saturated heterocycles. The van der Waals surface area contributed by atoms with Crippen molar-refractivity contribution in [3.05, 3.63) is 64.7 Å². The molecule has 146 valence electrons. The molecule has 0 saturated carbocycles. The lowest BCUT2D eigenvalue weighted by atomic mass is 9.89. The van der Waals surface area contributed by atoms with Crippen LogP contribution in [0, 0.1) is 16.5 Å². The van der Waals surface area contributed by atoms with Crippen LogP contribution in [0.2, 0.25) is 0 Å². The minimum absolute atomic E-state index is 0.0453. The van der Waals surface area contributed by atoms with Gasteiger partial charge < -0.3 is 14.5 Å². The first-order chi connectivity index (χ1) is 13.6. The van der Waals surface area contributed by atoms with Crippen molar-refractivity contribution in [2.75, 3.05) is 19.6 Å². The van der Waals surface area contributed by atoms with Crippen molar-refractivity contribution in [3.8, 4) is 0 Å². The summed E-state index contributed by atoms with van der Waals surface area (Å²) in [5.41, 5.74) is 2.84. The van der Waals surface area contributed by atoms with E-state index in [1.807, 2.05) is 18.2 Å². The fraction of sp³-hybridized carbons (Fsp3) is 0.364. The average Bonchev–Trinajstić information content (AvgIpc) is 3.04. The van der Waals surface area contributed by atoms with Gasteiger partial charge in [-0.2, -0.15) is 0 Å². The highest BCUT2D eigenvalue weighted by Crippen LogP contribution is 2.22. The Hall–Kier alpha value is -2.31. The number of hydrogen-bond acceptors (Lipinski definition) is 3. The topological polar surface area (TPSA) is 41.0 Å². The molecule has 1 fully saturated rings. The summed E-state index contributed by atoms with van der Waals surface area (Å²) in [6.07, 6.45) is 2.75. The Bertz CT molecular complexity index is 1020. The first-order valence-corrected chi connectivity index (χ1v) is 10.2. The Morgan fingerprint density at radius 2 is 1.79 bits per heavy atom. The lowest BCUT2D eigenvalue weighted by Gasteiger charge is -2.31. The molecular weight excluding hydrogens is 373 g/mol. The van der Waals surface area contributed by atoms with E-state index in [0.29, 0.717) is 5.56 Å². The maximum Gasteiger partial charge on any atom is 0.178 e. The molecule has 0 radical (unpaired) electrons. The zero-order valence-electron chi connectivity index (χ0n) is 15.7. The number of aromatic nitrogens is 2. The van der Waals surface area contributed by atoms with E-state index < -0.39 is 0 Å². The molecule has 1 aromatic heterocycles. The minimum atomic E-state index is -0.304. The summed E-state index contributed by atoms with van der Waals surface area (Å²) >= 11 is 5.45. The van der Waals surface area contributed by atoms with E-state index in [1.165, 1.54) is 12.1 Å². The first-order valence-electron chi connectivity index (χ1n) is 9.81. The highest BCUT2D eigenvalue weighted by atomic mass is 32.1. The number of Topliss-reactive ketones (excluding diaryl/α,β-unsaturated/α-hetero) is 1. The molecule has 4 nitrogen and oxygen atoms in total. The van der Waals surface area contributed by atoms with Gasteiger partial charge in [0.15, 0.2) is 10.6 Å². The van der Waals surface area contributed by atoms with Crippen LogP contribution in [-0.2, 0) is 6.54 Å². The number of benzene rings is 2. The number of H-pyrrole nitrogens is 1. The quantitative estimate of drug-likeness (QED) is 0.479. The molecule has 4 rings (SSSR count). The number of carbonyl (C=O) groups is 1. The Morgan fingerprint density at radius 1 is 1.07 bits per heavy atom. The van der Waals surface area contributed by atoms with Gasteiger partial charge in [0.1, 0.15) is 5.82 Å². The summed E-state index contributed by atoms with van der Waals surface area (Å²) in [6, 6.07) is 14.1. The van der Waals surface area contributed by atoms with Gasteiger partial charge in [0.2, 0.25) is 0 Å². The van der Waals surface area contributed by atoms with Crippen LogP contribution in [0.5, 0.6) is 0 Å². The van der Waals surface area contributed by atoms with E-state index in [1.54, 1.807) is 12.1 Å². The minimum Gasteiger partial charge on any atom is -0.331 e. The standard InChI is InChI=1S/C22H24FN3OS/c23-18-8-6-16(7-9-18)21(27)17-10-14-25(15-11-17)12-3-13-26-20-5-2-1-4-19(20)24-22(26)28/h1-2,4-9,17H,3,10-15H2,(H,24,28). The normalized spacial score (nSPS) is 15.9. The van der Waals surface area contributed by atoms with Gasteiger partial charge in [-0.15, -0.1) is 0 Å². The fourth-order valence-electron chi connectivity index (χ4n) is 4.05. The smallest absolute Gasteiger partial charge is 0.178 e. The molecule has 0 aliphatic carbocycles. The summed E-state index contributed by atoms with van der Waals surface area (Å²) in [5, 5.41) is 0. The number of para-hydroxylation sites is 2. The Morgan fingerprint density at radius 3 is 2.54 bits per heavy atom. The van der Waals surface area contributed by atoms with Crippen molar-refractivity contribution in [1.29, 1.82) is 0 Å². The summed E-state index contributed by atoms with van der Waals surface area (Å²) in [5.74, 6) is -0.115. The van der Waals surface area contributed by atoms with Crippen molar-refractivity contribution in [2.45, 2.75) is 25.8 Å². The molecule has 2 heterocycles. The predicted molar refractivity (Wildman–Crippen MR) is 112 cm³/mol. The van der Waals surface area contributed by atoms with Crippen LogP contribution in [0.3, 0.4) is 0 Å². The number of likely N-dealkylation sites (tertiary alicyclic amines) is 1. The molecule has 1 aliphatic heterocycles. The second kappa shape index (κ2) is 8.37. The van der Waals surface area contributed by atoms with Crippen LogP contribution in [0.15, 0.2) is 48.5 Å². The lowest BCUT2D eigenvalue weighted by Crippen LogP contribution is -2.37. The molecule has 0 amide bonds. The molecule has 0 spiro atoms. The SMILES string of the molecule is O=C(c1ccc(F)cc1)C1CCN(CCCn2c(=S)[nH]c3ccccc32)CC1. The number of aromatic amines is 1. The van der Waals surface area contributed by atoms with Crippen molar-refractivity contribution < 1.29 is 9.18 Å². The van der Waals surface area contributed by atoms with E-state index in [4.69, 9.17) is 12.2 Å². The number of imidazole rings is 1. The third kappa shape index (κ3) is 4.08. The first kappa shape index (κ1) is 19.0. The lowest BCUT2D eigenvalue weighted by molar-refractivity contribution is 0.0838. The highest BCUT2D eigenvalue weighted by Gasteiger charge is 2.25. The second-order valence-corrected chi connectivity index (χ2v) is 7.83. The van der Waals surface area contributed by atoms with Crippen LogP contribution in [0.1, 0.15) is 29.6 Å².